The number of aromatic nitrogens is 2. The summed E-state index contributed by atoms with van der Waals surface area (Å²) in [5.41, 5.74) is 2.92. The van der Waals surface area contributed by atoms with Crippen molar-refractivity contribution in [1.82, 2.24) is 9.55 Å². The molecule has 0 spiro atoms. The van der Waals surface area contributed by atoms with Gasteiger partial charge in [-0.3, -0.25) is 9.36 Å². The van der Waals surface area contributed by atoms with E-state index in [-0.39, 0.29) is 10.8 Å². The van der Waals surface area contributed by atoms with Gasteiger partial charge in [-0.2, -0.15) is 5.26 Å². The average molecular weight is 349 g/mol. The highest BCUT2D eigenvalue weighted by molar-refractivity contribution is 8.00. The second-order valence-corrected chi connectivity index (χ2v) is 7.06. The highest BCUT2D eigenvalue weighted by atomic mass is 32.2. The zero-order valence-corrected chi connectivity index (χ0v) is 15.1. The van der Waals surface area contributed by atoms with Crippen molar-refractivity contribution in [2.45, 2.75) is 37.2 Å². The first-order valence-corrected chi connectivity index (χ1v) is 9.11. The van der Waals surface area contributed by atoms with Crippen LogP contribution in [0.5, 0.6) is 0 Å². The van der Waals surface area contributed by atoms with Gasteiger partial charge in [-0.15, -0.1) is 0 Å². The van der Waals surface area contributed by atoms with Gasteiger partial charge in [0, 0.05) is 6.54 Å². The summed E-state index contributed by atoms with van der Waals surface area (Å²) in [7, 11) is 0. The number of nitrogens with zero attached hydrogens (tertiary/aromatic N) is 3. The maximum Gasteiger partial charge on any atom is 0.262 e. The zero-order valence-electron chi connectivity index (χ0n) is 14.3. The number of aryl methyl sites for hydroxylation is 1. The number of rotatable bonds is 5. The first-order valence-electron chi connectivity index (χ1n) is 8.23. The first-order chi connectivity index (χ1) is 12.1. The molecule has 4 nitrogen and oxygen atoms in total. The molecule has 1 heterocycles. The lowest BCUT2D eigenvalue weighted by molar-refractivity contribution is 0.633. The van der Waals surface area contributed by atoms with Crippen molar-refractivity contribution in [2.75, 3.05) is 0 Å². The SMILES string of the molecule is CCn1c(SC(C#N)Cc2ccc(C)cc2)nc2ccccc2c1=O. The van der Waals surface area contributed by atoms with E-state index in [1.807, 2.05) is 56.3 Å². The molecule has 0 saturated carbocycles. The summed E-state index contributed by atoms with van der Waals surface area (Å²) < 4.78 is 1.65. The predicted molar refractivity (Wildman–Crippen MR) is 102 cm³/mol. The third-order valence-electron chi connectivity index (χ3n) is 4.08. The minimum absolute atomic E-state index is 0.0531. The smallest absolute Gasteiger partial charge is 0.262 e. The molecule has 126 valence electrons. The van der Waals surface area contributed by atoms with E-state index in [9.17, 15) is 10.1 Å². The highest BCUT2D eigenvalue weighted by Gasteiger charge is 2.16. The molecular formula is C20H19N3OS. The fourth-order valence-corrected chi connectivity index (χ4v) is 3.77. The van der Waals surface area contributed by atoms with Gasteiger partial charge < -0.3 is 0 Å². The Labute approximate surface area is 151 Å². The Kier molecular flexibility index (Phi) is 5.20. The van der Waals surface area contributed by atoms with E-state index in [1.54, 1.807) is 10.6 Å². The van der Waals surface area contributed by atoms with Crippen molar-refractivity contribution in [3.8, 4) is 6.07 Å². The van der Waals surface area contributed by atoms with E-state index in [4.69, 9.17) is 0 Å². The van der Waals surface area contributed by atoms with E-state index in [1.165, 1.54) is 17.3 Å². The number of benzene rings is 2. The molecule has 0 fully saturated rings. The van der Waals surface area contributed by atoms with E-state index in [2.05, 4.69) is 11.1 Å². The molecule has 3 aromatic rings. The summed E-state index contributed by atoms with van der Waals surface area (Å²) >= 11 is 1.36. The maximum absolute atomic E-state index is 12.7. The van der Waals surface area contributed by atoms with Gasteiger partial charge in [0.1, 0.15) is 5.25 Å². The summed E-state index contributed by atoms with van der Waals surface area (Å²) in [6.45, 7) is 4.49. The molecule has 2 aromatic carbocycles. The maximum atomic E-state index is 12.7. The Morgan fingerprint density at radius 2 is 1.92 bits per heavy atom. The highest BCUT2D eigenvalue weighted by Crippen LogP contribution is 2.25. The molecule has 0 saturated heterocycles. The van der Waals surface area contributed by atoms with Crippen molar-refractivity contribution < 1.29 is 0 Å². The number of thioether (sulfide) groups is 1. The summed E-state index contributed by atoms with van der Waals surface area (Å²) in [6, 6.07) is 17.9. The lowest BCUT2D eigenvalue weighted by Gasteiger charge is -2.14. The molecule has 1 unspecified atom stereocenters. The van der Waals surface area contributed by atoms with E-state index in [0.29, 0.717) is 29.0 Å². The molecule has 0 bridgehead atoms. The first kappa shape index (κ1) is 17.2. The van der Waals surface area contributed by atoms with E-state index < -0.39 is 0 Å². The molecular weight excluding hydrogens is 330 g/mol. The number of hydrogen-bond acceptors (Lipinski definition) is 4. The van der Waals surface area contributed by atoms with Gasteiger partial charge in [-0.05, 0) is 38.0 Å². The summed E-state index contributed by atoms with van der Waals surface area (Å²) in [4.78, 5) is 17.3. The lowest BCUT2D eigenvalue weighted by Crippen LogP contribution is -2.23. The molecule has 5 heteroatoms. The van der Waals surface area contributed by atoms with Crippen LogP contribution in [0.2, 0.25) is 0 Å². The molecule has 25 heavy (non-hydrogen) atoms. The second kappa shape index (κ2) is 7.54. The molecule has 0 radical (unpaired) electrons. The molecule has 0 aliphatic carbocycles. The minimum atomic E-state index is -0.298. The van der Waals surface area contributed by atoms with E-state index in [0.717, 1.165) is 5.56 Å². The quantitative estimate of drug-likeness (QED) is 0.517. The van der Waals surface area contributed by atoms with Crippen LogP contribution in [-0.2, 0) is 13.0 Å². The molecule has 1 aromatic heterocycles. The summed E-state index contributed by atoms with van der Waals surface area (Å²) in [5, 5.41) is 10.5. The number of fused-ring (bicyclic) bond motifs is 1. The van der Waals surface area contributed by atoms with Crippen LogP contribution >= 0.6 is 11.8 Å². The zero-order chi connectivity index (χ0) is 17.8. The number of hydrogen-bond donors (Lipinski definition) is 0. The van der Waals surface area contributed by atoms with Crippen molar-refractivity contribution >= 4 is 22.7 Å². The van der Waals surface area contributed by atoms with Crippen molar-refractivity contribution in [1.29, 1.82) is 5.26 Å². The van der Waals surface area contributed by atoms with Crippen molar-refractivity contribution in [2.24, 2.45) is 0 Å². The van der Waals surface area contributed by atoms with Crippen molar-refractivity contribution in [3.63, 3.8) is 0 Å². The molecule has 0 aliphatic heterocycles. The van der Waals surface area contributed by atoms with Gasteiger partial charge in [0.05, 0.1) is 17.0 Å². The predicted octanol–water partition coefficient (Wildman–Crippen LogP) is 3.95. The van der Waals surface area contributed by atoms with Crippen molar-refractivity contribution in [3.05, 3.63) is 70.0 Å². The summed E-state index contributed by atoms with van der Waals surface area (Å²) in [5.74, 6) is 0. The van der Waals surface area contributed by atoms with Gasteiger partial charge in [0.2, 0.25) is 0 Å². The third-order valence-corrected chi connectivity index (χ3v) is 5.16. The van der Waals surface area contributed by atoms with Gasteiger partial charge in [-0.25, -0.2) is 4.98 Å². The van der Waals surface area contributed by atoms with Crippen LogP contribution in [0.3, 0.4) is 0 Å². The van der Waals surface area contributed by atoms with Crippen LogP contribution in [0.15, 0.2) is 58.5 Å². The Morgan fingerprint density at radius 3 is 2.60 bits per heavy atom. The molecule has 3 rings (SSSR count). The topological polar surface area (TPSA) is 58.7 Å². The number of para-hydroxylation sites is 1. The number of nitriles is 1. The lowest BCUT2D eigenvalue weighted by atomic mass is 10.1. The Balaban J connectivity index is 1.93. The van der Waals surface area contributed by atoms with Crippen LogP contribution in [0.25, 0.3) is 10.9 Å². The van der Waals surface area contributed by atoms with Crippen LogP contribution in [0.1, 0.15) is 18.1 Å². The van der Waals surface area contributed by atoms with Crippen LogP contribution in [0.4, 0.5) is 0 Å². The molecule has 0 aliphatic rings. The molecule has 1 atom stereocenters. The standard InChI is InChI=1S/C20H19N3OS/c1-3-23-19(24)17-6-4-5-7-18(17)22-20(23)25-16(13-21)12-15-10-8-14(2)9-11-15/h4-11,16H,3,12H2,1-2H3. The third kappa shape index (κ3) is 3.75. The average Bonchev–Trinajstić information content (AvgIpc) is 2.63. The minimum Gasteiger partial charge on any atom is -0.287 e. The summed E-state index contributed by atoms with van der Waals surface area (Å²) in [6.07, 6.45) is 0.619. The Bertz CT molecular complexity index is 986. The Hall–Kier alpha value is -2.58. The van der Waals surface area contributed by atoms with Crippen LogP contribution in [-0.4, -0.2) is 14.8 Å². The Morgan fingerprint density at radius 1 is 1.20 bits per heavy atom. The largest absolute Gasteiger partial charge is 0.287 e. The van der Waals surface area contributed by atoms with Gasteiger partial charge in [0.15, 0.2) is 5.16 Å². The second-order valence-electron chi connectivity index (χ2n) is 5.89. The monoisotopic (exact) mass is 349 g/mol. The van der Waals surface area contributed by atoms with E-state index >= 15 is 0 Å². The van der Waals surface area contributed by atoms with Crippen LogP contribution < -0.4 is 5.56 Å². The van der Waals surface area contributed by atoms with Gasteiger partial charge >= 0.3 is 0 Å². The normalized spacial score (nSPS) is 12.0. The van der Waals surface area contributed by atoms with Gasteiger partial charge in [0.25, 0.3) is 5.56 Å². The fourth-order valence-electron chi connectivity index (χ4n) is 2.70. The fraction of sp³-hybridized carbons (Fsp3) is 0.250. The molecule has 0 amide bonds. The molecule has 0 N–H and O–H groups in total. The van der Waals surface area contributed by atoms with Gasteiger partial charge in [-0.1, -0.05) is 53.7 Å². The van der Waals surface area contributed by atoms with Crippen LogP contribution in [0, 0.1) is 18.3 Å².